The molecule has 28 heavy (non-hydrogen) atoms. The van der Waals surface area contributed by atoms with E-state index in [-0.39, 0.29) is 5.91 Å². The largest absolute Gasteiger partial charge is 0.465 e. The number of hydrogen-bond acceptors (Lipinski definition) is 4. The van der Waals surface area contributed by atoms with E-state index in [0.29, 0.717) is 17.7 Å². The zero-order valence-corrected chi connectivity index (χ0v) is 16.4. The Morgan fingerprint density at radius 2 is 1.61 bits per heavy atom. The van der Waals surface area contributed by atoms with Gasteiger partial charge in [-0.1, -0.05) is 43.2 Å². The molecule has 0 bridgehead atoms. The molecule has 1 aliphatic rings. The highest BCUT2D eigenvalue weighted by atomic mass is 16.5. The van der Waals surface area contributed by atoms with E-state index in [1.807, 2.05) is 12.1 Å². The number of amides is 1. The normalized spacial score (nSPS) is 14.9. The molecule has 5 nitrogen and oxygen atoms in total. The van der Waals surface area contributed by atoms with Crippen LogP contribution in [0.1, 0.15) is 57.5 Å². The number of nitrogens with zero attached hydrogens (tertiary/aromatic N) is 1. The Balaban J connectivity index is 1.58. The quantitative estimate of drug-likeness (QED) is 0.775. The summed E-state index contributed by atoms with van der Waals surface area (Å²) in [5, 5.41) is 2.94. The summed E-state index contributed by atoms with van der Waals surface area (Å²) in [5.41, 5.74) is 3.17. The highest BCUT2D eigenvalue weighted by Crippen LogP contribution is 2.14. The minimum atomic E-state index is -0.448. The summed E-state index contributed by atoms with van der Waals surface area (Å²) in [4.78, 5) is 26.6. The highest BCUT2D eigenvalue weighted by molar-refractivity contribution is 5.97. The van der Waals surface area contributed by atoms with Crippen LogP contribution in [0.15, 0.2) is 48.5 Å². The van der Waals surface area contributed by atoms with Gasteiger partial charge >= 0.3 is 5.97 Å². The molecule has 0 saturated carbocycles. The molecule has 2 aromatic rings. The first-order chi connectivity index (χ1) is 13.7. The zero-order valence-electron chi connectivity index (χ0n) is 16.4. The summed E-state index contributed by atoms with van der Waals surface area (Å²) in [6.45, 7) is 3.74. The van der Waals surface area contributed by atoms with Crippen LogP contribution in [0, 0.1) is 0 Å². The predicted octanol–water partition coefficient (Wildman–Crippen LogP) is 3.78. The van der Waals surface area contributed by atoms with Gasteiger partial charge in [0.25, 0.3) is 5.91 Å². The third-order valence-corrected chi connectivity index (χ3v) is 5.10. The molecule has 1 aliphatic heterocycles. The van der Waals surface area contributed by atoms with Crippen LogP contribution in [0.2, 0.25) is 0 Å². The number of ether oxygens (including phenoxy) is 1. The van der Waals surface area contributed by atoms with Crippen LogP contribution in [-0.4, -0.2) is 37.0 Å². The number of carbonyl (C=O) groups excluding carboxylic acids is 2. The molecule has 5 heteroatoms. The number of esters is 1. The SMILES string of the molecule is COC(=O)c1cccc(C(=O)NCc2cccc(CN3CCCCCC3)c2)c1. The average molecular weight is 380 g/mol. The molecular weight excluding hydrogens is 352 g/mol. The molecule has 0 unspecified atom stereocenters. The van der Waals surface area contributed by atoms with Crippen LogP contribution in [-0.2, 0) is 17.8 Å². The summed E-state index contributed by atoms with van der Waals surface area (Å²) < 4.78 is 4.71. The molecule has 148 valence electrons. The van der Waals surface area contributed by atoms with Gasteiger partial charge in [-0.15, -0.1) is 0 Å². The fourth-order valence-corrected chi connectivity index (χ4v) is 3.58. The zero-order chi connectivity index (χ0) is 19.8. The van der Waals surface area contributed by atoms with E-state index in [0.717, 1.165) is 25.2 Å². The first-order valence-corrected chi connectivity index (χ1v) is 9.92. The second-order valence-corrected chi connectivity index (χ2v) is 7.27. The van der Waals surface area contributed by atoms with Crippen LogP contribution in [0.25, 0.3) is 0 Å². The molecule has 2 aromatic carbocycles. The molecule has 1 N–H and O–H groups in total. The van der Waals surface area contributed by atoms with Crippen molar-refractivity contribution in [1.82, 2.24) is 10.2 Å². The summed E-state index contributed by atoms with van der Waals surface area (Å²) in [7, 11) is 1.33. The first-order valence-electron chi connectivity index (χ1n) is 9.92. The van der Waals surface area contributed by atoms with Gasteiger partial charge in [-0.2, -0.15) is 0 Å². The van der Waals surface area contributed by atoms with Gasteiger partial charge in [0.1, 0.15) is 0 Å². The summed E-state index contributed by atoms with van der Waals surface area (Å²) >= 11 is 0. The van der Waals surface area contributed by atoms with Gasteiger partial charge in [0.05, 0.1) is 12.7 Å². The first kappa shape index (κ1) is 20.1. The van der Waals surface area contributed by atoms with Gasteiger partial charge in [-0.3, -0.25) is 9.69 Å². The third-order valence-electron chi connectivity index (χ3n) is 5.10. The second kappa shape index (κ2) is 10.0. The van der Waals surface area contributed by atoms with Crippen LogP contribution in [0.4, 0.5) is 0 Å². The summed E-state index contributed by atoms with van der Waals surface area (Å²) in [6, 6.07) is 14.9. The minimum absolute atomic E-state index is 0.205. The number of likely N-dealkylation sites (tertiary alicyclic amines) is 1. The number of benzene rings is 2. The summed E-state index contributed by atoms with van der Waals surface area (Å²) in [5.74, 6) is -0.653. The fraction of sp³-hybridized carbons (Fsp3) is 0.391. The molecule has 0 atom stereocenters. The van der Waals surface area contributed by atoms with Gasteiger partial charge in [0.15, 0.2) is 0 Å². The van der Waals surface area contributed by atoms with E-state index in [1.165, 1.54) is 38.4 Å². The van der Waals surface area contributed by atoms with Crippen LogP contribution in [0.5, 0.6) is 0 Å². The maximum Gasteiger partial charge on any atom is 0.337 e. The van der Waals surface area contributed by atoms with Gasteiger partial charge in [-0.25, -0.2) is 4.79 Å². The van der Waals surface area contributed by atoms with Crippen molar-refractivity contribution >= 4 is 11.9 Å². The van der Waals surface area contributed by atoms with E-state index >= 15 is 0 Å². The number of carbonyl (C=O) groups is 2. The average Bonchev–Trinajstić information content (AvgIpc) is 3.00. The highest BCUT2D eigenvalue weighted by Gasteiger charge is 2.12. The van der Waals surface area contributed by atoms with Crippen molar-refractivity contribution in [3.8, 4) is 0 Å². The standard InChI is InChI=1S/C23H28N2O3/c1-28-23(27)21-11-7-10-20(15-21)22(26)24-16-18-8-6-9-19(14-18)17-25-12-4-2-3-5-13-25/h6-11,14-15H,2-5,12-13,16-17H2,1H3,(H,24,26). The molecule has 0 spiro atoms. The van der Waals surface area contributed by atoms with Crippen molar-refractivity contribution in [2.75, 3.05) is 20.2 Å². The van der Waals surface area contributed by atoms with Crippen molar-refractivity contribution < 1.29 is 14.3 Å². The van der Waals surface area contributed by atoms with Crippen LogP contribution < -0.4 is 5.32 Å². The molecule has 0 aliphatic carbocycles. The smallest absolute Gasteiger partial charge is 0.337 e. The molecule has 3 rings (SSSR count). The predicted molar refractivity (Wildman–Crippen MR) is 109 cm³/mol. The second-order valence-electron chi connectivity index (χ2n) is 7.27. The van der Waals surface area contributed by atoms with Crippen molar-refractivity contribution in [3.05, 3.63) is 70.8 Å². The maximum absolute atomic E-state index is 12.4. The topological polar surface area (TPSA) is 58.6 Å². The Morgan fingerprint density at radius 3 is 2.36 bits per heavy atom. The molecule has 1 amide bonds. The molecule has 1 saturated heterocycles. The van der Waals surface area contributed by atoms with E-state index in [4.69, 9.17) is 4.74 Å². The molecule has 0 radical (unpaired) electrons. The van der Waals surface area contributed by atoms with Crippen molar-refractivity contribution in [1.29, 1.82) is 0 Å². The van der Waals surface area contributed by atoms with E-state index in [2.05, 4.69) is 22.3 Å². The molecule has 1 fully saturated rings. The van der Waals surface area contributed by atoms with Crippen molar-refractivity contribution in [2.24, 2.45) is 0 Å². The Kier molecular flexibility index (Phi) is 7.20. The molecular formula is C23H28N2O3. The lowest BCUT2D eigenvalue weighted by molar-refractivity contribution is 0.0600. The van der Waals surface area contributed by atoms with Crippen molar-refractivity contribution in [2.45, 2.75) is 38.8 Å². The molecule has 1 heterocycles. The van der Waals surface area contributed by atoms with Crippen LogP contribution in [0.3, 0.4) is 0 Å². The Labute approximate surface area is 166 Å². The third kappa shape index (κ3) is 5.67. The number of rotatable bonds is 6. The minimum Gasteiger partial charge on any atom is -0.465 e. The number of nitrogens with one attached hydrogen (secondary N) is 1. The van der Waals surface area contributed by atoms with Gasteiger partial charge < -0.3 is 10.1 Å². The lowest BCUT2D eigenvalue weighted by Gasteiger charge is -2.20. The monoisotopic (exact) mass is 380 g/mol. The fourth-order valence-electron chi connectivity index (χ4n) is 3.58. The summed E-state index contributed by atoms with van der Waals surface area (Å²) in [6.07, 6.45) is 5.22. The van der Waals surface area contributed by atoms with E-state index in [1.54, 1.807) is 24.3 Å². The maximum atomic E-state index is 12.4. The Morgan fingerprint density at radius 1 is 0.929 bits per heavy atom. The van der Waals surface area contributed by atoms with E-state index in [9.17, 15) is 9.59 Å². The van der Waals surface area contributed by atoms with E-state index < -0.39 is 5.97 Å². The van der Waals surface area contributed by atoms with Gasteiger partial charge in [0, 0.05) is 18.7 Å². The molecule has 0 aromatic heterocycles. The Bertz CT molecular complexity index is 811. The van der Waals surface area contributed by atoms with Crippen molar-refractivity contribution in [3.63, 3.8) is 0 Å². The number of methoxy groups -OCH3 is 1. The van der Waals surface area contributed by atoms with Gasteiger partial charge in [0.2, 0.25) is 0 Å². The Hall–Kier alpha value is -2.66. The van der Waals surface area contributed by atoms with Gasteiger partial charge in [-0.05, 0) is 55.3 Å². The lowest BCUT2D eigenvalue weighted by atomic mass is 10.1. The van der Waals surface area contributed by atoms with Crippen LogP contribution >= 0.6 is 0 Å². The lowest BCUT2D eigenvalue weighted by Crippen LogP contribution is -2.25. The number of hydrogen-bond donors (Lipinski definition) is 1.